The Kier molecular flexibility index (Phi) is 7.55. The van der Waals surface area contributed by atoms with Gasteiger partial charge >= 0.3 is 0 Å². The van der Waals surface area contributed by atoms with Crippen LogP contribution in [0.2, 0.25) is 0 Å². The number of hydrogen-bond acceptors (Lipinski definition) is 4. The molecule has 8 heteroatoms. The molecule has 0 saturated heterocycles. The lowest BCUT2D eigenvalue weighted by atomic mass is 10.1. The number of halogens is 1. The predicted octanol–water partition coefficient (Wildman–Crippen LogP) is 2.73. The number of hydrogen-bond donors (Lipinski definition) is 3. The molecule has 0 aromatic heterocycles. The first kappa shape index (κ1) is 19.9. The lowest BCUT2D eigenvalue weighted by Gasteiger charge is -2.11. The highest BCUT2D eigenvalue weighted by molar-refractivity contribution is 9.10. The van der Waals surface area contributed by atoms with Crippen LogP contribution in [-0.2, 0) is 11.2 Å². The van der Waals surface area contributed by atoms with E-state index in [1.807, 2.05) is 30.3 Å². The zero-order valence-corrected chi connectivity index (χ0v) is 16.4. The summed E-state index contributed by atoms with van der Waals surface area (Å²) in [6.07, 6.45) is 0.909. The maximum absolute atomic E-state index is 12.1. The van der Waals surface area contributed by atoms with E-state index in [1.54, 1.807) is 25.3 Å². The quantitative estimate of drug-likeness (QED) is 0.496. The maximum atomic E-state index is 12.1. The molecule has 136 valence electrons. The highest BCUT2D eigenvalue weighted by Gasteiger charge is 2.10. The Balaban J connectivity index is 1.76. The van der Waals surface area contributed by atoms with Gasteiger partial charge in [-0.05, 0) is 58.3 Å². The topological polar surface area (TPSA) is 79.5 Å². The lowest BCUT2D eigenvalue weighted by Crippen LogP contribution is -2.48. The Labute approximate surface area is 165 Å². The van der Waals surface area contributed by atoms with Crippen LogP contribution in [0.15, 0.2) is 53.0 Å². The molecule has 0 atom stereocenters. The van der Waals surface area contributed by atoms with Crippen LogP contribution in [-0.4, -0.2) is 24.0 Å². The van der Waals surface area contributed by atoms with Crippen LogP contribution < -0.4 is 20.9 Å². The van der Waals surface area contributed by atoms with E-state index >= 15 is 0 Å². The Hall–Kier alpha value is -2.45. The molecule has 3 N–H and O–H groups in total. The Bertz CT molecular complexity index is 800. The third-order valence-corrected chi connectivity index (χ3v) is 4.26. The number of methoxy groups -OCH3 is 1. The normalized spacial score (nSPS) is 9.92. The van der Waals surface area contributed by atoms with E-state index in [2.05, 4.69) is 32.1 Å². The second-order valence-electron chi connectivity index (χ2n) is 5.29. The fourth-order valence-corrected chi connectivity index (χ4v) is 2.82. The minimum atomic E-state index is -0.394. The van der Waals surface area contributed by atoms with Gasteiger partial charge in [-0.3, -0.25) is 20.4 Å². The van der Waals surface area contributed by atoms with Crippen molar-refractivity contribution in [1.29, 1.82) is 0 Å². The van der Waals surface area contributed by atoms with Gasteiger partial charge in [0.2, 0.25) is 5.91 Å². The molecule has 0 unspecified atom stereocenters. The average Bonchev–Trinajstić information content (AvgIpc) is 2.65. The molecule has 0 aliphatic rings. The summed E-state index contributed by atoms with van der Waals surface area (Å²) in [5, 5.41) is 2.56. The van der Waals surface area contributed by atoms with Crippen molar-refractivity contribution in [2.75, 3.05) is 7.11 Å². The predicted molar refractivity (Wildman–Crippen MR) is 107 cm³/mol. The van der Waals surface area contributed by atoms with Crippen LogP contribution in [0.25, 0.3) is 0 Å². The Morgan fingerprint density at radius 3 is 2.50 bits per heavy atom. The van der Waals surface area contributed by atoms with Crippen molar-refractivity contribution in [3.63, 3.8) is 0 Å². The van der Waals surface area contributed by atoms with Crippen LogP contribution in [0.5, 0.6) is 5.75 Å². The Morgan fingerprint density at radius 1 is 1.12 bits per heavy atom. The van der Waals surface area contributed by atoms with Gasteiger partial charge < -0.3 is 10.1 Å². The van der Waals surface area contributed by atoms with Gasteiger partial charge in [0.1, 0.15) is 5.75 Å². The fraction of sp³-hybridized carbons (Fsp3) is 0.167. The highest BCUT2D eigenvalue weighted by atomic mass is 79.9. The average molecular weight is 436 g/mol. The van der Waals surface area contributed by atoms with Gasteiger partial charge in [0.05, 0.1) is 11.6 Å². The number of carbonyl (C=O) groups excluding carboxylic acids is 2. The highest BCUT2D eigenvalue weighted by Crippen LogP contribution is 2.25. The van der Waals surface area contributed by atoms with E-state index < -0.39 is 5.91 Å². The van der Waals surface area contributed by atoms with E-state index in [4.69, 9.17) is 17.0 Å². The summed E-state index contributed by atoms with van der Waals surface area (Å²) in [6, 6.07) is 14.6. The number of benzene rings is 2. The van der Waals surface area contributed by atoms with Crippen LogP contribution in [0.4, 0.5) is 0 Å². The monoisotopic (exact) mass is 435 g/mol. The summed E-state index contributed by atoms with van der Waals surface area (Å²) in [5.41, 5.74) is 6.42. The summed E-state index contributed by atoms with van der Waals surface area (Å²) < 4.78 is 5.77. The molecule has 2 aromatic carbocycles. The van der Waals surface area contributed by atoms with Gasteiger partial charge in [-0.1, -0.05) is 30.3 Å². The minimum absolute atomic E-state index is 0.0315. The van der Waals surface area contributed by atoms with Crippen molar-refractivity contribution in [2.24, 2.45) is 0 Å². The summed E-state index contributed by atoms with van der Waals surface area (Å²) in [6.45, 7) is 0. The second kappa shape index (κ2) is 9.88. The molecule has 26 heavy (non-hydrogen) atoms. The fourth-order valence-electron chi connectivity index (χ4n) is 2.12. The van der Waals surface area contributed by atoms with E-state index in [0.717, 1.165) is 5.56 Å². The number of ether oxygens (including phenoxy) is 1. The molecule has 0 spiro atoms. The molecule has 0 saturated carbocycles. The third kappa shape index (κ3) is 6.12. The number of carbonyl (C=O) groups is 2. The first-order valence-corrected chi connectivity index (χ1v) is 8.97. The van der Waals surface area contributed by atoms with Crippen molar-refractivity contribution in [2.45, 2.75) is 12.8 Å². The smallest absolute Gasteiger partial charge is 0.269 e. The van der Waals surface area contributed by atoms with Gasteiger partial charge in [0, 0.05) is 12.0 Å². The summed E-state index contributed by atoms with van der Waals surface area (Å²) in [7, 11) is 1.54. The first-order valence-electron chi connectivity index (χ1n) is 7.77. The lowest BCUT2D eigenvalue weighted by molar-refractivity contribution is -0.119. The summed E-state index contributed by atoms with van der Waals surface area (Å²) in [4.78, 5) is 24.0. The standard InChI is InChI=1S/C18H18BrN3O3S/c1-25-15-9-8-13(11-14(15)19)17(24)21-22-18(26)20-16(23)10-7-12-5-3-2-4-6-12/h2-6,8-9,11H,7,10H2,1H3,(H,21,24)(H2,20,22,23,26). The molecule has 0 bridgehead atoms. The van der Waals surface area contributed by atoms with Crippen LogP contribution in [0, 0.1) is 0 Å². The zero-order chi connectivity index (χ0) is 18.9. The van der Waals surface area contributed by atoms with E-state index in [0.29, 0.717) is 28.6 Å². The molecular formula is C18H18BrN3O3S. The van der Waals surface area contributed by atoms with Crippen molar-refractivity contribution < 1.29 is 14.3 Å². The van der Waals surface area contributed by atoms with Crippen LogP contribution in [0.3, 0.4) is 0 Å². The molecule has 2 aromatic rings. The molecular weight excluding hydrogens is 418 g/mol. The molecule has 6 nitrogen and oxygen atoms in total. The largest absolute Gasteiger partial charge is 0.496 e. The van der Waals surface area contributed by atoms with Crippen molar-refractivity contribution >= 4 is 45.1 Å². The molecule has 0 aliphatic carbocycles. The number of aryl methyl sites for hydroxylation is 1. The zero-order valence-electron chi connectivity index (χ0n) is 14.0. The van der Waals surface area contributed by atoms with Gasteiger partial charge in [-0.25, -0.2) is 0 Å². The molecule has 0 radical (unpaired) electrons. The number of nitrogens with one attached hydrogen (secondary N) is 3. The van der Waals surface area contributed by atoms with Gasteiger partial charge in [-0.15, -0.1) is 0 Å². The third-order valence-electron chi connectivity index (χ3n) is 3.44. The number of rotatable bonds is 5. The van der Waals surface area contributed by atoms with Crippen molar-refractivity contribution in [1.82, 2.24) is 16.2 Å². The number of thiocarbonyl (C=S) groups is 1. The van der Waals surface area contributed by atoms with Crippen LogP contribution in [0.1, 0.15) is 22.3 Å². The van der Waals surface area contributed by atoms with Crippen molar-refractivity contribution in [3.8, 4) is 5.75 Å². The van der Waals surface area contributed by atoms with E-state index in [1.165, 1.54) is 0 Å². The molecule has 0 aliphatic heterocycles. The minimum Gasteiger partial charge on any atom is -0.496 e. The first-order chi connectivity index (χ1) is 12.5. The SMILES string of the molecule is COc1ccc(C(=O)NNC(=S)NC(=O)CCc2ccccc2)cc1Br. The summed E-state index contributed by atoms with van der Waals surface area (Å²) in [5.74, 6) is -0.00209. The number of amides is 2. The van der Waals surface area contributed by atoms with Gasteiger partial charge in [0.15, 0.2) is 5.11 Å². The second-order valence-corrected chi connectivity index (χ2v) is 6.55. The maximum Gasteiger partial charge on any atom is 0.269 e. The molecule has 2 amide bonds. The molecule has 2 rings (SSSR count). The van der Waals surface area contributed by atoms with Gasteiger partial charge in [-0.2, -0.15) is 0 Å². The molecule has 0 fully saturated rings. The van der Waals surface area contributed by atoms with Crippen LogP contribution >= 0.6 is 28.1 Å². The van der Waals surface area contributed by atoms with Crippen molar-refractivity contribution in [3.05, 3.63) is 64.1 Å². The summed E-state index contributed by atoms with van der Waals surface area (Å²) >= 11 is 8.32. The van der Waals surface area contributed by atoms with E-state index in [-0.39, 0.29) is 11.0 Å². The van der Waals surface area contributed by atoms with E-state index in [9.17, 15) is 9.59 Å². The van der Waals surface area contributed by atoms with Gasteiger partial charge in [0.25, 0.3) is 5.91 Å². The number of hydrazine groups is 1. The molecule has 0 heterocycles. The Morgan fingerprint density at radius 2 is 1.85 bits per heavy atom.